The zero-order chi connectivity index (χ0) is 21.3. The third kappa shape index (κ3) is 3.49. The van der Waals surface area contributed by atoms with E-state index in [1.807, 2.05) is 65.5 Å². The summed E-state index contributed by atoms with van der Waals surface area (Å²) >= 11 is 0. The molecule has 6 nitrogen and oxygen atoms in total. The first-order valence-corrected chi connectivity index (χ1v) is 10.3. The monoisotopic (exact) mass is 402 g/mol. The molecule has 6 heteroatoms. The summed E-state index contributed by atoms with van der Waals surface area (Å²) in [5, 5.41) is 3.99. The lowest BCUT2D eigenvalue weighted by Gasteiger charge is -2.22. The van der Waals surface area contributed by atoms with Gasteiger partial charge in [0, 0.05) is 23.7 Å². The van der Waals surface area contributed by atoms with Crippen LogP contribution in [0.3, 0.4) is 0 Å². The Hall–Kier alpha value is -3.41. The van der Waals surface area contributed by atoms with Crippen molar-refractivity contribution in [3.05, 3.63) is 82.3 Å². The van der Waals surface area contributed by atoms with Gasteiger partial charge < -0.3 is 5.32 Å². The first kappa shape index (κ1) is 19.9. The minimum Gasteiger partial charge on any atom is -0.354 e. The van der Waals surface area contributed by atoms with E-state index in [9.17, 15) is 9.59 Å². The second-order valence-electron chi connectivity index (χ2n) is 7.71. The van der Waals surface area contributed by atoms with Gasteiger partial charge in [-0.25, -0.2) is 4.52 Å². The number of carbonyl (C=O) groups is 1. The summed E-state index contributed by atoms with van der Waals surface area (Å²) in [6, 6.07) is 19.0. The second-order valence-corrected chi connectivity index (χ2v) is 7.71. The van der Waals surface area contributed by atoms with Crippen LogP contribution in [-0.2, 0) is 4.79 Å². The summed E-state index contributed by atoms with van der Waals surface area (Å²) in [4.78, 5) is 29.5. The minimum atomic E-state index is -0.418. The fourth-order valence-electron chi connectivity index (χ4n) is 4.06. The Labute approximate surface area is 175 Å². The van der Waals surface area contributed by atoms with Crippen molar-refractivity contribution >= 4 is 22.5 Å². The van der Waals surface area contributed by atoms with E-state index in [0.29, 0.717) is 18.6 Å². The number of aryl methyl sites for hydroxylation is 1. The number of rotatable bonds is 6. The zero-order valence-electron chi connectivity index (χ0n) is 17.5. The number of carbonyl (C=O) groups excluding carboxylic acids is 1. The molecule has 0 saturated heterocycles. The van der Waals surface area contributed by atoms with Crippen molar-refractivity contribution in [2.45, 2.75) is 39.2 Å². The van der Waals surface area contributed by atoms with Gasteiger partial charge in [-0.15, -0.1) is 0 Å². The van der Waals surface area contributed by atoms with Crippen molar-refractivity contribution in [2.24, 2.45) is 0 Å². The lowest BCUT2D eigenvalue weighted by atomic mass is 10.0. The fourth-order valence-corrected chi connectivity index (χ4v) is 4.06. The summed E-state index contributed by atoms with van der Waals surface area (Å²) in [6.07, 6.45) is 0.616. The molecule has 30 heavy (non-hydrogen) atoms. The van der Waals surface area contributed by atoms with E-state index in [4.69, 9.17) is 0 Å². The number of hydrogen-bond acceptors (Lipinski definition) is 3. The van der Waals surface area contributed by atoms with Crippen LogP contribution in [0, 0.1) is 6.92 Å². The van der Waals surface area contributed by atoms with Crippen LogP contribution in [-0.4, -0.2) is 26.6 Å². The topological polar surface area (TPSA) is 68.4 Å². The predicted octanol–water partition coefficient (Wildman–Crippen LogP) is 3.83. The Morgan fingerprint density at radius 2 is 1.80 bits per heavy atom. The highest BCUT2D eigenvalue weighted by Crippen LogP contribution is 2.26. The molecule has 0 saturated carbocycles. The number of hydrogen-bond donors (Lipinski definition) is 1. The smallest absolute Gasteiger partial charge is 0.273 e. The molecule has 0 radical (unpaired) electrons. The second kappa shape index (κ2) is 8.14. The van der Waals surface area contributed by atoms with Crippen molar-refractivity contribution in [1.29, 1.82) is 0 Å². The van der Waals surface area contributed by atoms with Crippen molar-refractivity contribution in [1.82, 2.24) is 19.5 Å². The molecule has 0 aliphatic rings. The maximum atomic E-state index is 13.2. The van der Waals surface area contributed by atoms with Gasteiger partial charge in [-0.3, -0.25) is 14.3 Å². The number of para-hydroxylation sites is 1. The van der Waals surface area contributed by atoms with Crippen LogP contribution in [0.4, 0.5) is 0 Å². The van der Waals surface area contributed by atoms with Gasteiger partial charge in [-0.1, -0.05) is 56.3 Å². The molecule has 1 amide bonds. The van der Waals surface area contributed by atoms with Crippen LogP contribution >= 0.6 is 0 Å². The molecular weight excluding hydrogens is 376 g/mol. The van der Waals surface area contributed by atoms with E-state index in [-0.39, 0.29) is 17.4 Å². The molecular formula is C24H26N4O2. The molecule has 2 aromatic heterocycles. The van der Waals surface area contributed by atoms with Gasteiger partial charge in [0.05, 0.1) is 5.52 Å². The molecule has 4 rings (SSSR count). The molecule has 154 valence electrons. The van der Waals surface area contributed by atoms with Crippen molar-refractivity contribution in [3.63, 3.8) is 0 Å². The van der Waals surface area contributed by atoms with E-state index in [2.05, 4.69) is 29.4 Å². The fraction of sp³-hybridized carbons (Fsp3) is 0.292. The molecule has 0 fully saturated rings. The third-order valence-corrected chi connectivity index (χ3v) is 5.63. The molecule has 0 aliphatic heterocycles. The molecule has 2 aromatic carbocycles. The van der Waals surface area contributed by atoms with Gasteiger partial charge in [-0.2, -0.15) is 4.98 Å². The van der Waals surface area contributed by atoms with E-state index >= 15 is 0 Å². The molecule has 0 spiro atoms. The minimum absolute atomic E-state index is 0.0407. The Kier molecular flexibility index (Phi) is 5.40. The number of nitrogens with zero attached hydrogens (tertiary/aromatic N) is 3. The first-order chi connectivity index (χ1) is 14.5. The van der Waals surface area contributed by atoms with Gasteiger partial charge >= 0.3 is 0 Å². The number of nitrogens with one attached hydrogen (secondary N) is 1. The number of benzene rings is 2. The maximum absolute atomic E-state index is 13.2. The predicted molar refractivity (Wildman–Crippen MR) is 119 cm³/mol. The van der Waals surface area contributed by atoms with E-state index < -0.39 is 6.04 Å². The molecule has 1 N–H and O–H groups in total. The summed E-state index contributed by atoms with van der Waals surface area (Å²) in [5.74, 6) is 0.172. The molecule has 0 unspecified atom stereocenters. The molecule has 0 aliphatic carbocycles. The van der Waals surface area contributed by atoms with Gasteiger partial charge in [0.2, 0.25) is 5.91 Å². The summed E-state index contributed by atoms with van der Waals surface area (Å²) in [5.41, 5.74) is 3.14. The molecule has 2 heterocycles. The van der Waals surface area contributed by atoms with Gasteiger partial charge in [-0.05, 0) is 37.0 Å². The number of amides is 1. The average molecular weight is 402 g/mol. The Morgan fingerprint density at radius 1 is 1.10 bits per heavy atom. The average Bonchev–Trinajstić information content (AvgIpc) is 3.08. The lowest BCUT2D eigenvalue weighted by molar-refractivity contribution is -0.124. The quantitative estimate of drug-likeness (QED) is 0.533. The van der Waals surface area contributed by atoms with Crippen LogP contribution in [0.1, 0.15) is 43.5 Å². The highest BCUT2D eigenvalue weighted by molar-refractivity contribution is 5.94. The van der Waals surface area contributed by atoms with E-state index in [1.165, 1.54) is 11.6 Å². The summed E-state index contributed by atoms with van der Waals surface area (Å²) in [6.45, 7) is 6.53. The van der Waals surface area contributed by atoms with Gasteiger partial charge in [0.1, 0.15) is 6.04 Å². The zero-order valence-corrected chi connectivity index (χ0v) is 17.5. The highest BCUT2D eigenvalue weighted by atomic mass is 16.2. The normalized spacial score (nSPS) is 13.4. The molecule has 2 atom stereocenters. The van der Waals surface area contributed by atoms with Crippen LogP contribution in [0.15, 0.2) is 65.5 Å². The number of fused-ring (bicyclic) bond motifs is 3. The van der Waals surface area contributed by atoms with E-state index in [1.54, 1.807) is 0 Å². The van der Waals surface area contributed by atoms with Crippen molar-refractivity contribution in [2.75, 3.05) is 6.54 Å². The lowest BCUT2D eigenvalue weighted by Crippen LogP contribution is -2.36. The third-order valence-electron chi connectivity index (χ3n) is 5.63. The molecule has 0 bridgehead atoms. The van der Waals surface area contributed by atoms with Crippen LogP contribution in [0.2, 0.25) is 0 Å². The SMILES string of the molecule is CC[C@@H](C(=O)NC[C@H](C)c1ccccc1)n1c2ccccc2c2nc(=O)cc(C)n21. The van der Waals surface area contributed by atoms with Crippen LogP contribution < -0.4 is 10.9 Å². The largest absolute Gasteiger partial charge is 0.354 e. The van der Waals surface area contributed by atoms with Gasteiger partial charge in [0.15, 0.2) is 5.65 Å². The number of aromatic nitrogens is 3. The van der Waals surface area contributed by atoms with Crippen LogP contribution in [0.25, 0.3) is 16.6 Å². The Bertz CT molecular complexity index is 1260. The summed E-state index contributed by atoms with van der Waals surface area (Å²) in [7, 11) is 0. The maximum Gasteiger partial charge on any atom is 0.273 e. The summed E-state index contributed by atoms with van der Waals surface area (Å²) < 4.78 is 3.86. The van der Waals surface area contributed by atoms with E-state index in [0.717, 1.165) is 16.6 Å². The first-order valence-electron chi connectivity index (χ1n) is 10.3. The highest BCUT2D eigenvalue weighted by Gasteiger charge is 2.25. The van der Waals surface area contributed by atoms with Crippen LogP contribution in [0.5, 0.6) is 0 Å². The van der Waals surface area contributed by atoms with Gasteiger partial charge in [0.25, 0.3) is 5.56 Å². The van der Waals surface area contributed by atoms with Crippen molar-refractivity contribution < 1.29 is 4.79 Å². The van der Waals surface area contributed by atoms with Crippen molar-refractivity contribution in [3.8, 4) is 0 Å². The molecule has 4 aromatic rings. The Balaban J connectivity index is 1.72. The Morgan fingerprint density at radius 3 is 2.53 bits per heavy atom. The standard InChI is InChI=1S/C24H26N4O2/c1-4-20(24(30)25-15-16(2)18-10-6-5-7-11-18)28-21-13-9-8-12-19(21)23-26-22(29)14-17(3)27(23)28/h5-14,16,20H,4,15H2,1-3H3,(H,25,30)/t16-,20-/m0/s1.